The molecule has 4 aromatic rings. The molecule has 8 heteroatoms. The molecule has 0 saturated carbocycles. The van der Waals surface area contributed by atoms with Crippen molar-refractivity contribution < 1.29 is 4.79 Å². The van der Waals surface area contributed by atoms with Gasteiger partial charge in [-0.05, 0) is 37.0 Å². The van der Waals surface area contributed by atoms with Crippen LogP contribution in [0.1, 0.15) is 34.9 Å². The normalized spacial score (nSPS) is 13.3. The number of nitrogens with zero attached hydrogens (tertiary/aromatic N) is 2. The fourth-order valence-corrected chi connectivity index (χ4v) is 5.04. The first-order valence-electron chi connectivity index (χ1n) is 9.41. The molecule has 3 aromatic heterocycles. The van der Waals surface area contributed by atoms with Gasteiger partial charge in [-0.1, -0.05) is 12.1 Å². The summed E-state index contributed by atoms with van der Waals surface area (Å²) in [5, 5.41) is 3.61. The van der Waals surface area contributed by atoms with Crippen LogP contribution in [0.4, 0.5) is 0 Å². The molecule has 1 aliphatic rings. The molecule has 142 valence electrons. The second-order valence-electron chi connectivity index (χ2n) is 7.03. The van der Waals surface area contributed by atoms with Crippen LogP contribution in [0.3, 0.4) is 0 Å². The Balaban J connectivity index is 1.23. The average Bonchev–Trinajstić information content (AvgIpc) is 3.37. The fraction of sp³-hybridized carbons (Fsp3) is 0.300. The lowest BCUT2D eigenvalue weighted by atomic mass is 10.2. The van der Waals surface area contributed by atoms with Gasteiger partial charge in [-0.2, -0.15) is 0 Å². The zero-order valence-corrected chi connectivity index (χ0v) is 16.0. The Bertz CT molecular complexity index is 1220. The van der Waals surface area contributed by atoms with Crippen molar-refractivity contribution in [1.29, 1.82) is 0 Å². The third kappa shape index (κ3) is 3.09. The SMILES string of the molecule is O=C(CCc1nc2sc3c(c2c(=O)[nH]1)CCC3)NCc1nc2ccccc2[nH]1. The van der Waals surface area contributed by atoms with E-state index in [1.54, 1.807) is 11.3 Å². The molecule has 0 saturated heterocycles. The predicted octanol–water partition coefficient (Wildman–Crippen LogP) is 2.60. The predicted molar refractivity (Wildman–Crippen MR) is 109 cm³/mol. The Morgan fingerprint density at radius 1 is 1.14 bits per heavy atom. The number of hydrogen-bond donors (Lipinski definition) is 3. The molecule has 0 atom stereocenters. The Kier molecular flexibility index (Phi) is 4.20. The lowest BCUT2D eigenvalue weighted by molar-refractivity contribution is -0.121. The second-order valence-corrected chi connectivity index (χ2v) is 8.11. The average molecular weight is 393 g/mol. The molecule has 3 N–H and O–H groups in total. The molecule has 0 radical (unpaired) electrons. The summed E-state index contributed by atoms with van der Waals surface area (Å²) in [6.07, 6.45) is 3.78. The van der Waals surface area contributed by atoms with Gasteiger partial charge < -0.3 is 15.3 Å². The molecule has 28 heavy (non-hydrogen) atoms. The van der Waals surface area contributed by atoms with E-state index in [2.05, 4.69) is 25.3 Å². The van der Waals surface area contributed by atoms with Crippen LogP contribution >= 0.6 is 11.3 Å². The van der Waals surface area contributed by atoms with Gasteiger partial charge in [0.15, 0.2) is 0 Å². The Labute approximate surface area is 164 Å². The van der Waals surface area contributed by atoms with Gasteiger partial charge in [-0.3, -0.25) is 9.59 Å². The number of aromatic nitrogens is 4. The zero-order valence-electron chi connectivity index (χ0n) is 15.2. The van der Waals surface area contributed by atoms with E-state index in [1.807, 2.05) is 24.3 Å². The number of carbonyl (C=O) groups is 1. The maximum Gasteiger partial charge on any atom is 0.259 e. The molecule has 0 unspecified atom stereocenters. The van der Waals surface area contributed by atoms with Crippen molar-refractivity contribution in [3.05, 3.63) is 56.7 Å². The Hall–Kier alpha value is -3.00. The number of aryl methyl sites for hydroxylation is 3. The van der Waals surface area contributed by atoms with E-state index in [4.69, 9.17) is 0 Å². The minimum absolute atomic E-state index is 0.0814. The van der Waals surface area contributed by atoms with Gasteiger partial charge in [0.25, 0.3) is 5.56 Å². The zero-order chi connectivity index (χ0) is 19.1. The lowest BCUT2D eigenvalue weighted by Crippen LogP contribution is -2.24. The highest BCUT2D eigenvalue weighted by molar-refractivity contribution is 7.18. The summed E-state index contributed by atoms with van der Waals surface area (Å²) in [6.45, 7) is 0.341. The van der Waals surface area contributed by atoms with Crippen molar-refractivity contribution in [3.8, 4) is 0 Å². The molecule has 0 aliphatic heterocycles. The van der Waals surface area contributed by atoms with E-state index in [9.17, 15) is 9.59 Å². The van der Waals surface area contributed by atoms with Crippen molar-refractivity contribution >= 4 is 38.5 Å². The number of amides is 1. The molecule has 1 aromatic carbocycles. The Morgan fingerprint density at radius 3 is 2.93 bits per heavy atom. The van der Waals surface area contributed by atoms with Crippen molar-refractivity contribution in [1.82, 2.24) is 25.3 Å². The molecule has 0 bridgehead atoms. The van der Waals surface area contributed by atoms with Gasteiger partial charge in [-0.25, -0.2) is 9.97 Å². The summed E-state index contributed by atoms with van der Waals surface area (Å²) in [5.74, 6) is 1.18. The minimum Gasteiger partial charge on any atom is -0.349 e. The minimum atomic E-state index is -0.100. The summed E-state index contributed by atoms with van der Waals surface area (Å²) in [7, 11) is 0. The first-order chi connectivity index (χ1) is 13.7. The summed E-state index contributed by atoms with van der Waals surface area (Å²) < 4.78 is 0. The van der Waals surface area contributed by atoms with Crippen molar-refractivity contribution in [3.63, 3.8) is 0 Å². The number of para-hydroxylation sites is 2. The summed E-state index contributed by atoms with van der Waals surface area (Å²) in [6, 6.07) is 7.75. The molecular weight excluding hydrogens is 374 g/mol. The van der Waals surface area contributed by atoms with E-state index >= 15 is 0 Å². The molecule has 1 aliphatic carbocycles. The molecule has 1 amide bonds. The number of carbonyl (C=O) groups excluding carboxylic acids is 1. The largest absolute Gasteiger partial charge is 0.349 e. The maximum absolute atomic E-state index is 12.5. The van der Waals surface area contributed by atoms with Crippen LogP contribution in [0.15, 0.2) is 29.1 Å². The van der Waals surface area contributed by atoms with Crippen LogP contribution in [-0.2, 0) is 30.6 Å². The first kappa shape index (κ1) is 17.1. The number of H-pyrrole nitrogens is 2. The highest BCUT2D eigenvalue weighted by atomic mass is 32.1. The monoisotopic (exact) mass is 393 g/mol. The quantitative estimate of drug-likeness (QED) is 0.485. The molecular formula is C20H19N5O2S. The molecule has 0 spiro atoms. The van der Waals surface area contributed by atoms with Crippen LogP contribution in [0, 0.1) is 0 Å². The van der Waals surface area contributed by atoms with Gasteiger partial charge in [-0.15, -0.1) is 11.3 Å². The second kappa shape index (κ2) is 6.87. The fourth-order valence-electron chi connectivity index (χ4n) is 3.76. The Morgan fingerprint density at radius 2 is 2.04 bits per heavy atom. The smallest absolute Gasteiger partial charge is 0.259 e. The third-order valence-corrected chi connectivity index (χ3v) is 6.29. The van der Waals surface area contributed by atoms with Crippen LogP contribution in [0.2, 0.25) is 0 Å². The van der Waals surface area contributed by atoms with E-state index in [1.165, 1.54) is 10.4 Å². The number of hydrogen-bond acceptors (Lipinski definition) is 5. The summed E-state index contributed by atoms with van der Waals surface area (Å²) in [5.41, 5.74) is 2.92. The number of thiophene rings is 1. The van der Waals surface area contributed by atoms with Crippen LogP contribution < -0.4 is 10.9 Å². The van der Waals surface area contributed by atoms with Gasteiger partial charge in [0, 0.05) is 17.7 Å². The molecule has 7 nitrogen and oxygen atoms in total. The number of aromatic amines is 2. The lowest BCUT2D eigenvalue weighted by Gasteiger charge is -2.04. The number of imidazole rings is 1. The number of rotatable bonds is 5. The maximum atomic E-state index is 12.5. The van der Waals surface area contributed by atoms with Crippen LogP contribution in [0.25, 0.3) is 21.3 Å². The highest BCUT2D eigenvalue weighted by Gasteiger charge is 2.21. The van der Waals surface area contributed by atoms with Crippen molar-refractivity contribution in [2.24, 2.45) is 0 Å². The molecule has 5 rings (SSSR count). The van der Waals surface area contributed by atoms with Gasteiger partial charge in [0.2, 0.25) is 5.91 Å². The number of nitrogens with one attached hydrogen (secondary N) is 3. The van der Waals surface area contributed by atoms with Gasteiger partial charge in [0.1, 0.15) is 16.5 Å². The number of benzene rings is 1. The van der Waals surface area contributed by atoms with Crippen LogP contribution in [-0.4, -0.2) is 25.8 Å². The van der Waals surface area contributed by atoms with E-state index < -0.39 is 0 Å². The van der Waals surface area contributed by atoms with Gasteiger partial charge in [0.05, 0.1) is 23.0 Å². The van der Waals surface area contributed by atoms with Crippen molar-refractivity contribution in [2.75, 3.05) is 0 Å². The highest BCUT2D eigenvalue weighted by Crippen LogP contribution is 2.34. The standard InChI is InChI=1S/C20H19N5O2S/c26-17(21-10-16-22-12-5-1-2-6-13(12)23-16)9-8-15-24-19(27)18-11-4-3-7-14(11)28-20(18)25-15/h1-2,5-6H,3-4,7-10H2,(H,21,26)(H,22,23)(H,24,25,27). The van der Waals surface area contributed by atoms with Crippen LogP contribution in [0.5, 0.6) is 0 Å². The molecule has 0 fully saturated rings. The van der Waals surface area contributed by atoms with E-state index in [-0.39, 0.29) is 17.9 Å². The molecule has 3 heterocycles. The summed E-state index contributed by atoms with van der Waals surface area (Å²) >= 11 is 1.61. The first-order valence-corrected chi connectivity index (χ1v) is 10.2. The summed E-state index contributed by atoms with van der Waals surface area (Å²) in [4.78, 5) is 41.8. The van der Waals surface area contributed by atoms with E-state index in [0.29, 0.717) is 18.8 Å². The number of fused-ring (bicyclic) bond motifs is 4. The van der Waals surface area contributed by atoms with E-state index in [0.717, 1.165) is 46.3 Å². The van der Waals surface area contributed by atoms with Gasteiger partial charge >= 0.3 is 0 Å². The third-order valence-electron chi connectivity index (χ3n) is 5.10. The van der Waals surface area contributed by atoms with Crippen molar-refractivity contribution in [2.45, 2.75) is 38.6 Å². The topological polar surface area (TPSA) is 104 Å².